The van der Waals surface area contributed by atoms with Crippen LogP contribution < -0.4 is 15.5 Å². The Morgan fingerprint density at radius 1 is 1.17 bits per heavy atom. The van der Waals surface area contributed by atoms with E-state index in [-0.39, 0.29) is 5.91 Å². The maximum absolute atomic E-state index is 13.4. The lowest BCUT2D eigenvalue weighted by Crippen LogP contribution is -2.48. The van der Waals surface area contributed by atoms with Crippen molar-refractivity contribution >= 4 is 46.3 Å². The number of amides is 1. The summed E-state index contributed by atoms with van der Waals surface area (Å²) >= 11 is 12.1. The fourth-order valence-electron chi connectivity index (χ4n) is 3.48. The standard InChI is InChI=1S/C22H19ClN4O2S/c1-13-12-18(26-29-13)24-21(28)19-14(2)27(15-8-4-3-5-9-15)22(30)25-20(19)16-10-6-7-11-17(16)23/h3-12,20H,1-2H3,(H,25,30)(H,24,26,28). The number of benzene rings is 2. The molecule has 30 heavy (non-hydrogen) atoms. The number of aromatic nitrogens is 1. The molecule has 8 heteroatoms. The first-order valence-corrected chi connectivity index (χ1v) is 10.1. The van der Waals surface area contributed by atoms with Gasteiger partial charge in [0.05, 0.1) is 11.6 Å². The largest absolute Gasteiger partial charge is 0.360 e. The van der Waals surface area contributed by atoms with Gasteiger partial charge in [-0.15, -0.1) is 0 Å². The lowest BCUT2D eigenvalue weighted by atomic mass is 9.94. The summed E-state index contributed by atoms with van der Waals surface area (Å²) in [6.07, 6.45) is 0. The summed E-state index contributed by atoms with van der Waals surface area (Å²) in [6, 6.07) is 18.2. The van der Waals surface area contributed by atoms with E-state index in [1.165, 1.54) is 0 Å². The van der Waals surface area contributed by atoms with Gasteiger partial charge in [0.2, 0.25) is 0 Å². The van der Waals surface area contributed by atoms with Crippen LogP contribution in [0.2, 0.25) is 5.02 Å². The predicted molar refractivity (Wildman–Crippen MR) is 121 cm³/mol. The van der Waals surface area contributed by atoms with Crippen LogP contribution in [0.4, 0.5) is 11.5 Å². The van der Waals surface area contributed by atoms with Gasteiger partial charge >= 0.3 is 0 Å². The van der Waals surface area contributed by atoms with E-state index in [4.69, 9.17) is 28.3 Å². The molecule has 3 aromatic rings. The molecule has 1 atom stereocenters. The van der Waals surface area contributed by atoms with E-state index >= 15 is 0 Å². The molecule has 2 heterocycles. The zero-order chi connectivity index (χ0) is 21.3. The van der Waals surface area contributed by atoms with Crippen LogP contribution in [-0.2, 0) is 4.79 Å². The van der Waals surface area contributed by atoms with Crippen molar-refractivity contribution in [1.82, 2.24) is 10.5 Å². The molecule has 0 saturated heterocycles. The number of allylic oxidation sites excluding steroid dienone is 1. The Morgan fingerprint density at radius 2 is 1.87 bits per heavy atom. The van der Waals surface area contributed by atoms with Crippen molar-refractivity contribution in [2.75, 3.05) is 10.2 Å². The van der Waals surface area contributed by atoms with Gasteiger partial charge in [-0.05, 0) is 49.8 Å². The highest BCUT2D eigenvalue weighted by Crippen LogP contribution is 2.36. The fourth-order valence-corrected chi connectivity index (χ4v) is 4.08. The molecule has 1 unspecified atom stereocenters. The number of aryl methyl sites for hydroxylation is 1. The molecule has 0 fully saturated rings. The number of para-hydroxylation sites is 1. The monoisotopic (exact) mass is 438 g/mol. The minimum atomic E-state index is -0.515. The van der Waals surface area contributed by atoms with Crippen LogP contribution in [0, 0.1) is 6.92 Å². The second-order valence-electron chi connectivity index (χ2n) is 6.85. The van der Waals surface area contributed by atoms with Crippen molar-refractivity contribution < 1.29 is 9.32 Å². The zero-order valence-corrected chi connectivity index (χ0v) is 17.9. The van der Waals surface area contributed by atoms with Crippen molar-refractivity contribution in [1.29, 1.82) is 0 Å². The van der Waals surface area contributed by atoms with Gasteiger partial charge in [0, 0.05) is 22.5 Å². The zero-order valence-electron chi connectivity index (χ0n) is 16.3. The summed E-state index contributed by atoms with van der Waals surface area (Å²) < 4.78 is 5.07. The maximum Gasteiger partial charge on any atom is 0.257 e. The summed E-state index contributed by atoms with van der Waals surface area (Å²) in [5.74, 6) is 0.629. The van der Waals surface area contributed by atoms with Crippen molar-refractivity contribution in [3.05, 3.63) is 88.3 Å². The third-order valence-corrected chi connectivity index (χ3v) is 5.47. The number of anilines is 2. The molecule has 1 aliphatic heterocycles. The molecule has 4 rings (SSSR count). The van der Waals surface area contributed by atoms with Crippen LogP contribution in [0.5, 0.6) is 0 Å². The lowest BCUT2D eigenvalue weighted by Gasteiger charge is -2.38. The van der Waals surface area contributed by atoms with Crippen molar-refractivity contribution in [2.24, 2.45) is 0 Å². The first-order chi connectivity index (χ1) is 14.5. The summed E-state index contributed by atoms with van der Waals surface area (Å²) in [5.41, 5.74) is 2.80. The van der Waals surface area contributed by atoms with Crippen LogP contribution in [0.1, 0.15) is 24.3 Å². The molecular formula is C22H19ClN4O2S. The van der Waals surface area contributed by atoms with E-state index in [1.54, 1.807) is 19.1 Å². The van der Waals surface area contributed by atoms with Crippen molar-refractivity contribution in [3.8, 4) is 0 Å². The molecule has 2 aromatic carbocycles. The van der Waals surface area contributed by atoms with Crippen LogP contribution in [0.15, 0.2) is 76.5 Å². The molecule has 0 radical (unpaired) electrons. The van der Waals surface area contributed by atoms with E-state index in [0.29, 0.717) is 33.0 Å². The minimum Gasteiger partial charge on any atom is -0.360 e. The van der Waals surface area contributed by atoms with Gasteiger partial charge in [-0.3, -0.25) is 9.69 Å². The Morgan fingerprint density at radius 3 is 2.53 bits per heavy atom. The number of carbonyl (C=O) groups excluding carboxylic acids is 1. The Balaban J connectivity index is 1.82. The SMILES string of the molecule is CC1=C(C(=O)Nc2cc(C)on2)C(c2ccccc2Cl)NC(=S)N1c1ccccc1. The third-order valence-electron chi connectivity index (χ3n) is 4.83. The van der Waals surface area contributed by atoms with Crippen LogP contribution in [-0.4, -0.2) is 16.2 Å². The average molecular weight is 439 g/mol. The van der Waals surface area contributed by atoms with Crippen molar-refractivity contribution in [3.63, 3.8) is 0 Å². The lowest BCUT2D eigenvalue weighted by molar-refractivity contribution is -0.113. The summed E-state index contributed by atoms with van der Waals surface area (Å²) in [7, 11) is 0. The number of nitrogens with one attached hydrogen (secondary N) is 2. The fraction of sp³-hybridized carbons (Fsp3) is 0.136. The normalized spacial score (nSPS) is 16.4. The highest BCUT2D eigenvalue weighted by molar-refractivity contribution is 7.80. The number of halogens is 1. The number of thiocarbonyl (C=S) groups is 1. The summed E-state index contributed by atoms with van der Waals surface area (Å²) in [5, 5.41) is 11.0. The number of hydrogen-bond acceptors (Lipinski definition) is 4. The quantitative estimate of drug-likeness (QED) is 0.559. The molecule has 1 amide bonds. The topological polar surface area (TPSA) is 70.4 Å². The molecule has 0 bridgehead atoms. The Bertz CT molecular complexity index is 1140. The Hall–Kier alpha value is -3.16. The number of carbonyl (C=O) groups is 1. The van der Waals surface area contributed by atoms with E-state index in [1.807, 2.05) is 60.4 Å². The minimum absolute atomic E-state index is 0.318. The highest BCUT2D eigenvalue weighted by Gasteiger charge is 2.35. The summed E-state index contributed by atoms with van der Waals surface area (Å²) in [4.78, 5) is 15.2. The van der Waals surface area contributed by atoms with Crippen LogP contribution in [0.3, 0.4) is 0 Å². The van der Waals surface area contributed by atoms with Gasteiger partial charge in [0.25, 0.3) is 5.91 Å². The molecule has 6 nitrogen and oxygen atoms in total. The highest BCUT2D eigenvalue weighted by atomic mass is 35.5. The Labute approximate surface area is 184 Å². The van der Waals surface area contributed by atoms with Crippen molar-refractivity contribution in [2.45, 2.75) is 19.9 Å². The maximum atomic E-state index is 13.4. The first kappa shape index (κ1) is 20.1. The second kappa shape index (κ2) is 8.30. The van der Waals surface area contributed by atoms with Gasteiger partial charge in [0.1, 0.15) is 5.76 Å². The molecule has 152 valence electrons. The van der Waals surface area contributed by atoms with E-state index in [2.05, 4.69) is 15.8 Å². The molecule has 1 aromatic heterocycles. The van der Waals surface area contributed by atoms with Gasteiger partial charge in [-0.1, -0.05) is 53.2 Å². The van der Waals surface area contributed by atoms with E-state index in [0.717, 1.165) is 11.3 Å². The Kier molecular flexibility index (Phi) is 5.57. The molecule has 2 N–H and O–H groups in total. The molecular weight excluding hydrogens is 420 g/mol. The molecule has 0 saturated carbocycles. The van der Waals surface area contributed by atoms with E-state index < -0.39 is 6.04 Å². The second-order valence-corrected chi connectivity index (χ2v) is 7.64. The van der Waals surface area contributed by atoms with Crippen LogP contribution >= 0.6 is 23.8 Å². The number of rotatable bonds is 4. The molecule has 0 spiro atoms. The van der Waals surface area contributed by atoms with Gasteiger partial charge in [-0.25, -0.2) is 0 Å². The number of hydrogen-bond donors (Lipinski definition) is 2. The third kappa shape index (κ3) is 3.81. The van der Waals surface area contributed by atoms with E-state index in [9.17, 15) is 4.79 Å². The number of nitrogens with zero attached hydrogens (tertiary/aromatic N) is 2. The summed E-state index contributed by atoms with van der Waals surface area (Å²) in [6.45, 7) is 3.63. The average Bonchev–Trinajstić information content (AvgIpc) is 3.13. The smallest absolute Gasteiger partial charge is 0.257 e. The van der Waals surface area contributed by atoms with Gasteiger partial charge in [-0.2, -0.15) is 0 Å². The predicted octanol–water partition coefficient (Wildman–Crippen LogP) is 4.98. The van der Waals surface area contributed by atoms with Gasteiger partial charge < -0.3 is 15.2 Å². The molecule has 0 aliphatic carbocycles. The first-order valence-electron chi connectivity index (χ1n) is 9.31. The van der Waals surface area contributed by atoms with Crippen LogP contribution in [0.25, 0.3) is 0 Å². The molecule has 1 aliphatic rings. The van der Waals surface area contributed by atoms with Gasteiger partial charge in [0.15, 0.2) is 10.9 Å².